The number of nitrogens with zero attached hydrogens (tertiary/aromatic N) is 2. The quantitative estimate of drug-likeness (QED) is 0.750. The second kappa shape index (κ2) is 7.50. The molecular weight excluding hydrogens is 396 g/mol. The van der Waals surface area contributed by atoms with Gasteiger partial charge in [0.25, 0.3) is 15.9 Å². The number of halogens is 2. The number of carbonyl (C=O) groups is 2. The molecular formula is C17H15F2N3O5S. The van der Waals surface area contributed by atoms with E-state index < -0.39 is 39.6 Å². The van der Waals surface area contributed by atoms with Crippen LogP contribution in [0, 0.1) is 11.6 Å². The van der Waals surface area contributed by atoms with E-state index in [1.807, 2.05) is 0 Å². The second-order valence-electron chi connectivity index (χ2n) is 6.01. The van der Waals surface area contributed by atoms with Crippen LogP contribution < -0.4 is 5.32 Å². The van der Waals surface area contributed by atoms with Crippen LogP contribution in [-0.2, 0) is 24.3 Å². The van der Waals surface area contributed by atoms with Crippen LogP contribution in [0.25, 0.3) is 0 Å². The molecule has 28 heavy (non-hydrogen) atoms. The summed E-state index contributed by atoms with van der Waals surface area (Å²) in [6.07, 6.45) is 2.79. The van der Waals surface area contributed by atoms with Crippen molar-refractivity contribution >= 4 is 33.4 Å². The van der Waals surface area contributed by atoms with E-state index in [0.717, 1.165) is 12.1 Å². The van der Waals surface area contributed by atoms with Crippen molar-refractivity contribution in [2.45, 2.75) is 13.0 Å². The van der Waals surface area contributed by atoms with Gasteiger partial charge in [-0.15, -0.1) is 4.40 Å². The predicted molar refractivity (Wildman–Crippen MR) is 95.7 cm³/mol. The van der Waals surface area contributed by atoms with E-state index in [1.54, 1.807) is 0 Å². The van der Waals surface area contributed by atoms with Crippen LogP contribution >= 0.6 is 0 Å². The Morgan fingerprint density at radius 1 is 1.29 bits per heavy atom. The Morgan fingerprint density at radius 3 is 2.75 bits per heavy atom. The van der Waals surface area contributed by atoms with Crippen LogP contribution in [0.15, 0.2) is 46.5 Å². The normalized spacial score (nSPS) is 18.5. The smallest absolute Gasteiger partial charge is 0.340 e. The molecule has 2 aliphatic rings. The number of carbonyl (C=O) groups excluding carboxylic acids is 2. The molecule has 1 aromatic rings. The summed E-state index contributed by atoms with van der Waals surface area (Å²) in [5, 5.41) is 2.21. The van der Waals surface area contributed by atoms with E-state index in [-0.39, 0.29) is 29.4 Å². The van der Waals surface area contributed by atoms with Crippen LogP contribution in [0.3, 0.4) is 0 Å². The Hall–Kier alpha value is -3.08. The van der Waals surface area contributed by atoms with Gasteiger partial charge in [0.2, 0.25) is 0 Å². The summed E-state index contributed by atoms with van der Waals surface area (Å²) in [6.45, 7) is 1.42. The van der Waals surface area contributed by atoms with Crippen molar-refractivity contribution in [3.8, 4) is 0 Å². The Kier molecular flexibility index (Phi) is 5.27. The van der Waals surface area contributed by atoms with Crippen LogP contribution in [0.1, 0.15) is 6.92 Å². The van der Waals surface area contributed by atoms with Crippen molar-refractivity contribution in [3.05, 3.63) is 53.8 Å². The highest BCUT2D eigenvalue weighted by atomic mass is 32.2. The summed E-state index contributed by atoms with van der Waals surface area (Å²) >= 11 is 0. The predicted octanol–water partition coefficient (Wildman–Crippen LogP) is 1.33. The van der Waals surface area contributed by atoms with Crippen molar-refractivity contribution in [3.63, 3.8) is 0 Å². The molecule has 8 nitrogen and oxygen atoms in total. The Balaban J connectivity index is 1.64. The number of amidine groups is 1. The molecule has 1 unspecified atom stereocenters. The number of amides is 1. The van der Waals surface area contributed by atoms with Gasteiger partial charge in [-0.1, -0.05) is 0 Å². The molecule has 3 rings (SSSR count). The second-order valence-corrected chi connectivity index (χ2v) is 7.76. The number of hydrogen-bond acceptors (Lipinski definition) is 6. The molecule has 0 saturated heterocycles. The van der Waals surface area contributed by atoms with Gasteiger partial charge in [0.05, 0.1) is 17.0 Å². The lowest BCUT2D eigenvalue weighted by molar-refractivity contribution is -0.149. The molecule has 2 heterocycles. The Bertz CT molecular complexity index is 1030. The molecule has 0 spiro atoms. The number of anilines is 1. The van der Waals surface area contributed by atoms with Crippen molar-refractivity contribution < 1.29 is 31.5 Å². The van der Waals surface area contributed by atoms with Crippen LogP contribution in [0.5, 0.6) is 0 Å². The number of fused-ring (bicyclic) bond motifs is 1. The van der Waals surface area contributed by atoms with Gasteiger partial charge in [-0.05, 0) is 31.2 Å². The monoisotopic (exact) mass is 411 g/mol. The zero-order valence-corrected chi connectivity index (χ0v) is 15.4. The maximum Gasteiger partial charge on any atom is 0.340 e. The fraction of sp³-hybridized carbons (Fsp3) is 0.235. The first-order valence-electron chi connectivity index (χ1n) is 8.11. The number of sulfonamides is 1. The summed E-state index contributed by atoms with van der Waals surface area (Å²) in [5.41, 5.74) is -0.160. The average molecular weight is 411 g/mol. The maximum atomic E-state index is 13.6. The van der Waals surface area contributed by atoms with Crippen molar-refractivity contribution in [1.29, 1.82) is 0 Å². The van der Waals surface area contributed by atoms with Crippen molar-refractivity contribution in [2.75, 3.05) is 17.6 Å². The fourth-order valence-electron chi connectivity index (χ4n) is 2.43. The van der Waals surface area contributed by atoms with E-state index in [2.05, 4.69) is 9.71 Å². The van der Waals surface area contributed by atoms with Gasteiger partial charge in [0.15, 0.2) is 6.10 Å². The highest BCUT2D eigenvalue weighted by molar-refractivity contribution is 7.90. The number of rotatable bonds is 4. The zero-order valence-electron chi connectivity index (χ0n) is 14.6. The van der Waals surface area contributed by atoms with E-state index in [0.29, 0.717) is 6.07 Å². The molecule has 148 valence electrons. The summed E-state index contributed by atoms with van der Waals surface area (Å²) in [4.78, 5) is 25.8. The van der Waals surface area contributed by atoms with E-state index in [9.17, 15) is 26.8 Å². The lowest BCUT2D eigenvalue weighted by atomic mass is 10.2. The lowest BCUT2D eigenvalue weighted by Gasteiger charge is -2.27. The zero-order chi connectivity index (χ0) is 20.5. The molecule has 1 N–H and O–H groups in total. The standard InChI is InChI=1S/C17H15F2N3O5S/c1-10(16(23)20-14-4-3-12(18)8-13(14)19)27-17(24)11-2-5-15-21-28(25,26)7-6-22(15)9-11/h2-5,8-10H,6-7H2,1H3,(H,20,23). The van der Waals surface area contributed by atoms with Gasteiger partial charge >= 0.3 is 5.97 Å². The average Bonchev–Trinajstić information content (AvgIpc) is 2.62. The maximum absolute atomic E-state index is 13.6. The lowest BCUT2D eigenvalue weighted by Crippen LogP contribution is -2.37. The number of hydrogen-bond donors (Lipinski definition) is 1. The number of ether oxygens (including phenoxy) is 1. The Morgan fingerprint density at radius 2 is 2.04 bits per heavy atom. The van der Waals surface area contributed by atoms with Gasteiger partial charge in [-0.25, -0.2) is 22.0 Å². The highest BCUT2D eigenvalue weighted by Crippen LogP contribution is 2.18. The minimum Gasteiger partial charge on any atom is -0.449 e. The molecule has 0 fully saturated rings. The molecule has 1 amide bonds. The number of benzene rings is 1. The third-order valence-corrected chi connectivity index (χ3v) is 5.07. The first-order chi connectivity index (χ1) is 13.1. The molecule has 0 aliphatic carbocycles. The van der Waals surface area contributed by atoms with Crippen LogP contribution in [0.4, 0.5) is 14.5 Å². The van der Waals surface area contributed by atoms with Gasteiger partial charge in [-0.2, -0.15) is 0 Å². The summed E-state index contributed by atoms with van der Waals surface area (Å²) < 4.78 is 58.1. The molecule has 0 radical (unpaired) electrons. The molecule has 11 heteroatoms. The summed E-state index contributed by atoms with van der Waals surface area (Å²) in [7, 11) is -3.51. The SMILES string of the molecule is CC(OC(=O)C1=CN2CCS(=O)(=O)N=C2C=C1)C(=O)Nc1ccc(F)cc1F. The molecule has 2 aliphatic heterocycles. The van der Waals surface area contributed by atoms with Crippen molar-refractivity contribution in [1.82, 2.24) is 4.90 Å². The molecule has 1 aromatic carbocycles. The van der Waals surface area contributed by atoms with E-state index >= 15 is 0 Å². The topological polar surface area (TPSA) is 105 Å². The first-order valence-corrected chi connectivity index (χ1v) is 9.71. The van der Waals surface area contributed by atoms with Gasteiger partial charge in [0.1, 0.15) is 17.5 Å². The molecule has 0 bridgehead atoms. The number of esters is 1. The van der Waals surface area contributed by atoms with Gasteiger partial charge in [0, 0.05) is 18.8 Å². The van der Waals surface area contributed by atoms with E-state index in [1.165, 1.54) is 30.2 Å². The third-order valence-electron chi connectivity index (χ3n) is 3.90. The first kappa shape index (κ1) is 19.7. The summed E-state index contributed by atoms with van der Waals surface area (Å²) in [6, 6.07) is 2.64. The molecule has 1 atom stereocenters. The van der Waals surface area contributed by atoms with Gasteiger partial charge < -0.3 is 15.0 Å². The minimum atomic E-state index is -3.51. The summed E-state index contributed by atoms with van der Waals surface area (Å²) in [5.74, 6) is -3.39. The fourth-order valence-corrected chi connectivity index (χ4v) is 3.40. The Labute approximate surface area is 159 Å². The molecule has 0 saturated carbocycles. The van der Waals surface area contributed by atoms with Crippen molar-refractivity contribution in [2.24, 2.45) is 4.40 Å². The minimum absolute atomic E-state index is 0.0888. The van der Waals surface area contributed by atoms with Crippen LogP contribution in [0.2, 0.25) is 0 Å². The van der Waals surface area contributed by atoms with Gasteiger partial charge in [-0.3, -0.25) is 4.79 Å². The third kappa shape index (κ3) is 4.42. The highest BCUT2D eigenvalue weighted by Gasteiger charge is 2.27. The van der Waals surface area contributed by atoms with Crippen LogP contribution in [-0.4, -0.2) is 49.4 Å². The van der Waals surface area contributed by atoms with E-state index in [4.69, 9.17) is 4.74 Å². The number of nitrogens with one attached hydrogen (secondary N) is 1. The molecule has 0 aromatic heterocycles. The largest absolute Gasteiger partial charge is 0.449 e.